The molecule has 2 heterocycles. The Labute approximate surface area is 379 Å². The maximum Gasteiger partial charge on any atom is 1.00 e. The summed E-state index contributed by atoms with van der Waals surface area (Å²) >= 11 is 0. The molecule has 10 nitrogen and oxygen atoms in total. The summed E-state index contributed by atoms with van der Waals surface area (Å²) in [5, 5.41) is 0. The van der Waals surface area contributed by atoms with E-state index < -0.39 is 133 Å². The zero-order valence-electron chi connectivity index (χ0n) is 31.0. The summed E-state index contributed by atoms with van der Waals surface area (Å²) in [5.74, 6) is -17.8. The average molecular weight is 917 g/mol. The van der Waals surface area contributed by atoms with Crippen LogP contribution in [0, 0.1) is 0 Å². The van der Waals surface area contributed by atoms with Gasteiger partial charge in [0.2, 0.25) is 19.7 Å². The standard InChI is InChI=1S/C37H26F6O10S4.2Na/c1-3-27-31(25-15-9-21(17-29(25)54(27,44)45)19-5-11-23(12-6-19)56(48,49)50)33-34(36(40,41)37(42,43)35(33,38)39)32-26-16-10-22(18-30(26)55(46,47)28(32)4-2)20-7-13-24(14-8-20)57(51,52)53;;/h5-18H,3-4H2,1-2H3,(H,48,49,50)(H,51,52,53);;/q;2*+1/p-2. The minimum atomic E-state index is -6.21. The third-order valence-electron chi connectivity index (χ3n) is 10.0. The molecule has 0 amide bonds. The number of benzene rings is 4. The van der Waals surface area contributed by atoms with Crippen molar-refractivity contribution in [3.05, 3.63) is 117 Å². The van der Waals surface area contributed by atoms with Gasteiger partial charge in [-0.05, 0) is 71.5 Å². The Balaban J connectivity index is 0.00000331. The van der Waals surface area contributed by atoms with E-state index in [1.807, 2.05) is 0 Å². The molecule has 22 heteroatoms. The molecular formula is C37H24F6Na2O10S4. The van der Waals surface area contributed by atoms with Gasteiger partial charge in [0.1, 0.15) is 20.2 Å². The molecule has 0 aromatic heterocycles. The quantitative estimate of drug-likeness (QED) is 0.143. The number of hydrogen-bond acceptors (Lipinski definition) is 10. The van der Waals surface area contributed by atoms with Crippen LogP contribution < -0.4 is 59.1 Å². The molecular weight excluding hydrogens is 893 g/mol. The van der Waals surface area contributed by atoms with Crippen molar-refractivity contribution in [2.75, 3.05) is 0 Å². The summed E-state index contributed by atoms with van der Waals surface area (Å²) in [6.07, 6.45) is -1.32. The third-order valence-corrected chi connectivity index (χ3v) is 15.9. The van der Waals surface area contributed by atoms with Crippen LogP contribution in [0.2, 0.25) is 0 Å². The molecule has 0 atom stereocenters. The monoisotopic (exact) mass is 916 g/mol. The van der Waals surface area contributed by atoms with E-state index in [4.69, 9.17) is 0 Å². The van der Waals surface area contributed by atoms with Gasteiger partial charge in [-0.25, -0.2) is 33.7 Å². The van der Waals surface area contributed by atoms with Crippen LogP contribution in [0.15, 0.2) is 125 Å². The number of halogens is 6. The summed E-state index contributed by atoms with van der Waals surface area (Å²) in [6.45, 7) is 2.33. The molecule has 4 aromatic rings. The molecule has 0 N–H and O–H groups in total. The van der Waals surface area contributed by atoms with E-state index in [-0.39, 0.29) is 81.4 Å². The number of allylic oxidation sites excluding steroid dienone is 6. The van der Waals surface area contributed by atoms with Crippen molar-refractivity contribution in [2.24, 2.45) is 0 Å². The summed E-state index contributed by atoms with van der Waals surface area (Å²) in [6, 6.07) is 14.3. The normalized spacial score (nSPS) is 19.6. The smallest absolute Gasteiger partial charge is 0.744 e. The molecule has 300 valence electrons. The minimum Gasteiger partial charge on any atom is -0.744 e. The Morgan fingerprint density at radius 1 is 0.508 bits per heavy atom. The van der Waals surface area contributed by atoms with Gasteiger partial charge >= 0.3 is 76.9 Å². The van der Waals surface area contributed by atoms with E-state index in [0.717, 1.165) is 98.8 Å². The molecule has 7 rings (SSSR count). The Kier molecular flexibility index (Phi) is 12.3. The molecule has 0 saturated carbocycles. The van der Waals surface area contributed by atoms with Gasteiger partial charge in [-0.2, -0.15) is 26.3 Å². The number of hydrogen-bond donors (Lipinski definition) is 0. The van der Waals surface area contributed by atoms with E-state index in [2.05, 4.69) is 0 Å². The maximum absolute atomic E-state index is 16.3. The van der Waals surface area contributed by atoms with Crippen LogP contribution in [-0.2, 0) is 39.9 Å². The Hall–Kier alpha value is -2.60. The van der Waals surface area contributed by atoms with E-state index >= 15 is 26.3 Å². The van der Waals surface area contributed by atoms with Crippen molar-refractivity contribution >= 4 is 51.1 Å². The number of alkyl halides is 6. The van der Waals surface area contributed by atoms with Gasteiger partial charge in [-0.1, -0.05) is 62.4 Å². The molecule has 0 unspecified atom stereocenters. The second kappa shape index (κ2) is 15.3. The average Bonchev–Trinajstić information content (AvgIpc) is 3.53. The minimum absolute atomic E-state index is 0. The van der Waals surface area contributed by atoms with E-state index in [0.29, 0.717) is 0 Å². The predicted molar refractivity (Wildman–Crippen MR) is 190 cm³/mol. The maximum atomic E-state index is 16.3. The zero-order valence-corrected chi connectivity index (χ0v) is 38.2. The fraction of sp³-hybridized carbons (Fsp3) is 0.189. The first-order chi connectivity index (χ1) is 26.2. The SMILES string of the molecule is CCC1=C(C2=C(C3=C(CC)S(=O)(=O)c4cc(-c5ccc(S(=O)(=O)[O-])cc5)ccc43)C(F)(F)C(F)(F)C2(F)F)c2ccc(-c3ccc(S(=O)(=O)[O-])cc3)cc2S1(=O)=O.[Na+].[Na+]. The van der Waals surface area contributed by atoms with Crippen molar-refractivity contribution < 1.29 is 128 Å². The second-order valence-electron chi connectivity index (χ2n) is 13.2. The van der Waals surface area contributed by atoms with Gasteiger partial charge in [0.25, 0.3) is 0 Å². The Morgan fingerprint density at radius 2 is 0.797 bits per heavy atom. The van der Waals surface area contributed by atoms with Crippen LogP contribution >= 0.6 is 0 Å². The number of sulfone groups is 2. The molecule has 0 radical (unpaired) electrons. The molecule has 0 spiro atoms. The van der Waals surface area contributed by atoms with Gasteiger partial charge < -0.3 is 9.11 Å². The van der Waals surface area contributed by atoms with E-state index in [1.165, 1.54) is 0 Å². The molecule has 4 aromatic carbocycles. The zero-order chi connectivity index (χ0) is 42.1. The van der Waals surface area contributed by atoms with Gasteiger partial charge in [0.05, 0.1) is 29.4 Å². The Morgan fingerprint density at radius 3 is 1.07 bits per heavy atom. The third kappa shape index (κ3) is 7.08. The van der Waals surface area contributed by atoms with Crippen LogP contribution in [-0.4, -0.2) is 60.5 Å². The van der Waals surface area contributed by atoms with Crippen LogP contribution in [0.5, 0.6) is 0 Å². The molecule has 0 saturated heterocycles. The van der Waals surface area contributed by atoms with Crippen LogP contribution in [0.1, 0.15) is 37.8 Å². The number of fused-ring (bicyclic) bond motifs is 2. The Bertz CT molecular complexity index is 2820. The molecule has 1 aliphatic carbocycles. The summed E-state index contributed by atoms with van der Waals surface area (Å²) in [7, 11) is -19.5. The van der Waals surface area contributed by atoms with Gasteiger partial charge in [-0.3, -0.25) is 0 Å². The van der Waals surface area contributed by atoms with Crippen molar-refractivity contribution in [3.63, 3.8) is 0 Å². The van der Waals surface area contributed by atoms with E-state index in [9.17, 15) is 42.8 Å². The molecule has 59 heavy (non-hydrogen) atoms. The molecule has 3 aliphatic rings. The fourth-order valence-electron chi connectivity index (χ4n) is 7.40. The predicted octanol–water partition coefficient (Wildman–Crippen LogP) is 1.57. The fourth-order valence-corrected chi connectivity index (χ4v) is 12.1. The van der Waals surface area contributed by atoms with Crippen LogP contribution in [0.3, 0.4) is 0 Å². The second-order valence-corrected chi connectivity index (χ2v) is 19.8. The molecule has 0 bridgehead atoms. The van der Waals surface area contributed by atoms with E-state index in [1.54, 1.807) is 0 Å². The van der Waals surface area contributed by atoms with Gasteiger partial charge in [0, 0.05) is 33.4 Å². The first-order valence-electron chi connectivity index (χ1n) is 16.5. The van der Waals surface area contributed by atoms with Crippen molar-refractivity contribution in [2.45, 2.75) is 64.0 Å². The summed E-state index contributed by atoms with van der Waals surface area (Å²) in [4.78, 5) is -4.58. The summed E-state index contributed by atoms with van der Waals surface area (Å²) < 4.78 is 221. The van der Waals surface area contributed by atoms with Crippen molar-refractivity contribution in [3.8, 4) is 22.3 Å². The largest absolute Gasteiger partial charge is 1.00 e. The van der Waals surface area contributed by atoms with Gasteiger partial charge in [0.15, 0.2) is 0 Å². The van der Waals surface area contributed by atoms with Crippen LogP contribution in [0.4, 0.5) is 26.3 Å². The summed E-state index contributed by atoms with van der Waals surface area (Å²) in [5.41, 5.74) is -7.50. The first-order valence-corrected chi connectivity index (χ1v) is 22.3. The topological polar surface area (TPSA) is 183 Å². The van der Waals surface area contributed by atoms with Crippen LogP contribution in [0.25, 0.3) is 33.4 Å². The number of rotatable bonds is 8. The molecule has 0 fully saturated rings. The van der Waals surface area contributed by atoms with Crippen molar-refractivity contribution in [1.29, 1.82) is 0 Å². The van der Waals surface area contributed by atoms with Crippen molar-refractivity contribution in [1.82, 2.24) is 0 Å². The first kappa shape index (κ1) is 47.4. The molecule has 2 aliphatic heterocycles. The van der Waals surface area contributed by atoms with Gasteiger partial charge in [-0.15, -0.1) is 0 Å².